The number of aromatic nitrogens is 1. The first kappa shape index (κ1) is 9.26. The summed E-state index contributed by atoms with van der Waals surface area (Å²) in [4.78, 5) is 0. The molecule has 12 heavy (non-hydrogen) atoms. The van der Waals surface area contributed by atoms with Crippen molar-refractivity contribution in [3.8, 4) is 0 Å². The molecule has 3 heteroatoms. The number of rotatable bonds is 5. The number of nitrogens with zero attached hydrogens (tertiary/aromatic N) is 1. The van der Waals surface area contributed by atoms with Crippen molar-refractivity contribution in [1.82, 2.24) is 5.16 Å². The van der Waals surface area contributed by atoms with Crippen LogP contribution in [-0.2, 0) is 4.74 Å². The minimum atomic E-state index is 0.471. The van der Waals surface area contributed by atoms with Crippen molar-refractivity contribution in [3.63, 3.8) is 0 Å². The van der Waals surface area contributed by atoms with Crippen molar-refractivity contribution >= 4 is 0 Å². The SMILES string of the molecule is COCCCC(C)c1ccon1. The largest absolute Gasteiger partial charge is 0.385 e. The summed E-state index contributed by atoms with van der Waals surface area (Å²) in [7, 11) is 1.72. The summed E-state index contributed by atoms with van der Waals surface area (Å²) in [5.41, 5.74) is 1.03. The molecule has 1 aromatic rings. The monoisotopic (exact) mass is 169 g/mol. The van der Waals surface area contributed by atoms with E-state index in [1.807, 2.05) is 6.07 Å². The zero-order valence-electron chi connectivity index (χ0n) is 7.62. The van der Waals surface area contributed by atoms with Gasteiger partial charge in [0.05, 0.1) is 5.69 Å². The van der Waals surface area contributed by atoms with E-state index in [2.05, 4.69) is 12.1 Å². The molecule has 0 aromatic carbocycles. The summed E-state index contributed by atoms with van der Waals surface area (Å²) in [6, 6.07) is 1.91. The standard InChI is InChI=1S/C9H15NO2/c1-8(4-3-6-11-2)9-5-7-12-10-9/h5,7-8H,3-4,6H2,1-2H3. The molecule has 0 N–H and O–H groups in total. The summed E-state index contributed by atoms with van der Waals surface area (Å²) in [5.74, 6) is 0.471. The van der Waals surface area contributed by atoms with Gasteiger partial charge in [-0.25, -0.2) is 0 Å². The highest BCUT2D eigenvalue weighted by atomic mass is 16.5. The van der Waals surface area contributed by atoms with Crippen LogP contribution >= 0.6 is 0 Å². The fourth-order valence-corrected chi connectivity index (χ4v) is 1.16. The highest BCUT2D eigenvalue weighted by molar-refractivity contribution is 5.01. The van der Waals surface area contributed by atoms with E-state index < -0.39 is 0 Å². The predicted octanol–water partition coefficient (Wildman–Crippen LogP) is 2.20. The van der Waals surface area contributed by atoms with Crippen LogP contribution in [0.1, 0.15) is 31.4 Å². The Labute approximate surface area is 72.7 Å². The van der Waals surface area contributed by atoms with E-state index in [4.69, 9.17) is 9.26 Å². The van der Waals surface area contributed by atoms with Crippen molar-refractivity contribution in [2.75, 3.05) is 13.7 Å². The van der Waals surface area contributed by atoms with Crippen LogP contribution in [0.25, 0.3) is 0 Å². The van der Waals surface area contributed by atoms with Crippen molar-refractivity contribution in [2.24, 2.45) is 0 Å². The topological polar surface area (TPSA) is 35.3 Å². The maximum atomic E-state index is 4.97. The van der Waals surface area contributed by atoms with E-state index in [1.165, 1.54) is 0 Å². The zero-order valence-corrected chi connectivity index (χ0v) is 7.62. The van der Waals surface area contributed by atoms with E-state index >= 15 is 0 Å². The van der Waals surface area contributed by atoms with Gasteiger partial charge in [-0.15, -0.1) is 0 Å². The molecule has 0 spiro atoms. The second-order valence-electron chi connectivity index (χ2n) is 2.96. The van der Waals surface area contributed by atoms with Crippen molar-refractivity contribution in [2.45, 2.75) is 25.7 Å². The Bertz CT molecular complexity index is 196. The van der Waals surface area contributed by atoms with Crippen molar-refractivity contribution in [1.29, 1.82) is 0 Å². The van der Waals surface area contributed by atoms with Crippen LogP contribution in [-0.4, -0.2) is 18.9 Å². The molecule has 0 radical (unpaired) electrons. The number of ether oxygens (including phenoxy) is 1. The summed E-state index contributed by atoms with van der Waals surface area (Å²) < 4.78 is 9.73. The Hall–Kier alpha value is -0.830. The molecule has 1 unspecified atom stereocenters. The fourth-order valence-electron chi connectivity index (χ4n) is 1.16. The third kappa shape index (κ3) is 2.66. The van der Waals surface area contributed by atoms with E-state index in [0.717, 1.165) is 25.1 Å². The van der Waals surface area contributed by atoms with Gasteiger partial charge < -0.3 is 9.26 Å². The van der Waals surface area contributed by atoms with Gasteiger partial charge in [0.2, 0.25) is 0 Å². The minimum Gasteiger partial charge on any atom is -0.385 e. The quantitative estimate of drug-likeness (QED) is 0.634. The molecule has 3 nitrogen and oxygen atoms in total. The molecule has 0 saturated heterocycles. The Morgan fingerprint density at radius 1 is 1.67 bits per heavy atom. The second kappa shape index (κ2) is 4.93. The highest BCUT2D eigenvalue weighted by Crippen LogP contribution is 2.17. The van der Waals surface area contributed by atoms with Gasteiger partial charge in [-0.2, -0.15) is 0 Å². The summed E-state index contributed by atoms with van der Waals surface area (Å²) in [5, 5.41) is 3.88. The molecular formula is C9H15NO2. The van der Waals surface area contributed by atoms with Crippen LogP contribution in [0.4, 0.5) is 0 Å². The van der Waals surface area contributed by atoms with Gasteiger partial charge in [0, 0.05) is 25.7 Å². The zero-order chi connectivity index (χ0) is 8.81. The molecule has 1 rings (SSSR count). The Morgan fingerprint density at radius 3 is 3.08 bits per heavy atom. The third-order valence-corrected chi connectivity index (χ3v) is 1.95. The second-order valence-corrected chi connectivity index (χ2v) is 2.96. The van der Waals surface area contributed by atoms with Crippen molar-refractivity contribution in [3.05, 3.63) is 18.0 Å². The first-order valence-electron chi connectivity index (χ1n) is 4.24. The third-order valence-electron chi connectivity index (χ3n) is 1.95. The van der Waals surface area contributed by atoms with Crippen LogP contribution in [0.15, 0.2) is 16.9 Å². The number of hydrogen-bond donors (Lipinski definition) is 0. The number of methoxy groups -OCH3 is 1. The normalized spacial score (nSPS) is 13.2. The van der Waals surface area contributed by atoms with Gasteiger partial charge in [-0.3, -0.25) is 0 Å². The van der Waals surface area contributed by atoms with Crippen LogP contribution in [0.5, 0.6) is 0 Å². The smallest absolute Gasteiger partial charge is 0.124 e. The minimum absolute atomic E-state index is 0.471. The van der Waals surface area contributed by atoms with Gasteiger partial charge in [-0.05, 0) is 12.8 Å². The van der Waals surface area contributed by atoms with E-state index in [1.54, 1.807) is 13.4 Å². The van der Waals surface area contributed by atoms with E-state index in [0.29, 0.717) is 5.92 Å². The van der Waals surface area contributed by atoms with Crippen molar-refractivity contribution < 1.29 is 9.26 Å². The molecule has 1 heterocycles. The maximum absolute atomic E-state index is 4.97. The van der Waals surface area contributed by atoms with Gasteiger partial charge in [0.15, 0.2) is 0 Å². The summed E-state index contributed by atoms with van der Waals surface area (Å²) in [6.45, 7) is 2.97. The van der Waals surface area contributed by atoms with Gasteiger partial charge in [0.1, 0.15) is 6.26 Å². The number of hydrogen-bond acceptors (Lipinski definition) is 3. The molecule has 0 bridgehead atoms. The van der Waals surface area contributed by atoms with E-state index in [-0.39, 0.29) is 0 Å². The lowest BCUT2D eigenvalue weighted by molar-refractivity contribution is 0.190. The molecular weight excluding hydrogens is 154 g/mol. The molecule has 0 aliphatic carbocycles. The van der Waals surface area contributed by atoms with Crippen LogP contribution in [0.2, 0.25) is 0 Å². The first-order valence-corrected chi connectivity index (χ1v) is 4.24. The molecule has 0 fully saturated rings. The molecule has 0 aliphatic heterocycles. The van der Waals surface area contributed by atoms with Crippen LogP contribution < -0.4 is 0 Å². The molecule has 0 aliphatic rings. The van der Waals surface area contributed by atoms with Crippen LogP contribution in [0, 0.1) is 0 Å². The predicted molar refractivity (Wildman–Crippen MR) is 46.0 cm³/mol. The van der Waals surface area contributed by atoms with E-state index in [9.17, 15) is 0 Å². The molecule has 1 aromatic heterocycles. The van der Waals surface area contributed by atoms with Gasteiger partial charge in [-0.1, -0.05) is 12.1 Å². The lowest BCUT2D eigenvalue weighted by Gasteiger charge is -2.05. The molecule has 68 valence electrons. The van der Waals surface area contributed by atoms with Crippen LogP contribution in [0.3, 0.4) is 0 Å². The Kier molecular flexibility index (Phi) is 3.80. The molecule has 0 amide bonds. The summed E-state index contributed by atoms with van der Waals surface area (Å²) in [6.07, 6.45) is 3.78. The summed E-state index contributed by atoms with van der Waals surface area (Å²) >= 11 is 0. The lowest BCUT2D eigenvalue weighted by atomic mass is 10.0. The van der Waals surface area contributed by atoms with Gasteiger partial charge >= 0.3 is 0 Å². The first-order chi connectivity index (χ1) is 5.84. The highest BCUT2D eigenvalue weighted by Gasteiger charge is 2.07. The fraction of sp³-hybridized carbons (Fsp3) is 0.667. The Morgan fingerprint density at radius 2 is 2.50 bits per heavy atom. The molecule has 1 atom stereocenters. The molecule has 0 saturated carbocycles. The average Bonchev–Trinajstić information content (AvgIpc) is 2.56. The Balaban J connectivity index is 2.25. The average molecular weight is 169 g/mol. The van der Waals surface area contributed by atoms with Gasteiger partial charge in [0.25, 0.3) is 0 Å². The lowest BCUT2D eigenvalue weighted by Crippen LogP contribution is -1.96. The maximum Gasteiger partial charge on any atom is 0.124 e.